The Hall–Kier alpha value is -5.70. The Morgan fingerprint density at radius 1 is 0.776 bits per heavy atom. The predicted octanol–water partition coefficient (Wildman–Crippen LogP) is 7.63. The van der Waals surface area contributed by atoms with E-state index in [2.05, 4.69) is 34.9 Å². The van der Waals surface area contributed by atoms with Crippen LogP contribution in [0.2, 0.25) is 0 Å². The first kappa shape index (κ1) is 33.2. The minimum Gasteiger partial charge on any atom is -0.497 e. The highest BCUT2D eigenvalue weighted by molar-refractivity contribution is 5.91. The molecule has 0 fully saturated rings. The average molecular weight is 661 g/mol. The molecule has 0 unspecified atom stereocenters. The van der Waals surface area contributed by atoms with E-state index in [1.165, 1.54) is 13.2 Å². The van der Waals surface area contributed by atoms with Crippen LogP contribution in [0.25, 0.3) is 21.7 Å². The second-order valence-corrected chi connectivity index (χ2v) is 11.8. The molecule has 252 valence electrons. The molecule has 6 aromatic rings. The average Bonchev–Trinajstić information content (AvgIpc) is 3.77. The third kappa shape index (κ3) is 8.61. The Bertz CT molecular complexity index is 2030. The lowest BCUT2D eigenvalue weighted by molar-refractivity contribution is -0.119. The first-order valence-corrected chi connectivity index (χ1v) is 16.5. The largest absolute Gasteiger partial charge is 0.497 e. The fraction of sp³-hybridized carbons (Fsp3) is 0.250. The van der Waals surface area contributed by atoms with Gasteiger partial charge in [-0.2, -0.15) is 0 Å². The van der Waals surface area contributed by atoms with Crippen molar-refractivity contribution in [2.45, 2.75) is 39.2 Å². The highest BCUT2D eigenvalue weighted by Gasteiger charge is 2.17. The van der Waals surface area contributed by atoms with E-state index in [9.17, 15) is 9.59 Å². The number of methoxy groups -OCH3 is 1. The molecule has 0 spiro atoms. The van der Waals surface area contributed by atoms with Gasteiger partial charge in [-0.15, -0.1) is 0 Å². The molecule has 0 atom stereocenters. The van der Waals surface area contributed by atoms with E-state index < -0.39 is 0 Å². The lowest BCUT2D eigenvalue weighted by Gasteiger charge is -2.11. The van der Waals surface area contributed by atoms with Gasteiger partial charge in [0.15, 0.2) is 5.76 Å². The molecule has 2 amide bonds. The van der Waals surface area contributed by atoms with Crippen LogP contribution < -0.4 is 24.8 Å². The van der Waals surface area contributed by atoms with Gasteiger partial charge in [0.1, 0.15) is 28.6 Å². The molecule has 9 nitrogen and oxygen atoms in total. The number of hydrogen-bond acceptors (Lipinski definition) is 7. The fourth-order valence-electron chi connectivity index (χ4n) is 5.80. The number of amides is 2. The molecular weight excluding hydrogens is 620 g/mol. The van der Waals surface area contributed by atoms with Crippen molar-refractivity contribution in [3.63, 3.8) is 0 Å². The second-order valence-electron chi connectivity index (χ2n) is 11.8. The van der Waals surface area contributed by atoms with E-state index >= 15 is 0 Å². The van der Waals surface area contributed by atoms with Crippen LogP contribution in [-0.2, 0) is 24.2 Å². The summed E-state index contributed by atoms with van der Waals surface area (Å²) in [7, 11) is 1.65. The lowest BCUT2D eigenvalue weighted by atomic mass is 10.0. The first-order chi connectivity index (χ1) is 24.0. The number of nitrogens with one attached hydrogen (secondary N) is 2. The smallest absolute Gasteiger partial charge is 0.286 e. The molecule has 2 aromatic heterocycles. The van der Waals surface area contributed by atoms with Crippen molar-refractivity contribution in [3.05, 3.63) is 125 Å². The molecule has 4 aromatic carbocycles. The molecule has 6 rings (SSSR count). The maximum absolute atomic E-state index is 12.2. The van der Waals surface area contributed by atoms with Crippen LogP contribution in [0.5, 0.6) is 17.2 Å². The zero-order valence-corrected chi connectivity index (χ0v) is 27.8. The summed E-state index contributed by atoms with van der Waals surface area (Å²) in [5, 5.41) is 8.98. The molecule has 2 heterocycles. The lowest BCUT2D eigenvalue weighted by Crippen LogP contribution is -2.25. The Morgan fingerprint density at radius 2 is 1.55 bits per heavy atom. The van der Waals surface area contributed by atoms with Gasteiger partial charge in [0.25, 0.3) is 5.91 Å². The Balaban J connectivity index is 1.02. The maximum atomic E-state index is 12.2. The van der Waals surface area contributed by atoms with Gasteiger partial charge in [0.2, 0.25) is 5.91 Å². The van der Waals surface area contributed by atoms with Crippen LogP contribution in [0.4, 0.5) is 0 Å². The van der Waals surface area contributed by atoms with Crippen LogP contribution >= 0.6 is 0 Å². The van der Waals surface area contributed by atoms with E-state index in [1.807, 2.05) is 54.6 Å². The zero-order valence-electron chi connectivity index (χ0n) is 27.8. The van der Waals surface area contributed by atoms with Crippen molar-refractivity contribution in [2.75, 3.05) is 26.9 Å². The summed E-state index contributed by atoms with van der Waals surface area (Å²) in [5.74, 6) is 3.11. The van der Waals surface area contributed by atoms with Crippen molar-refractivity contribution < 1.29 is 32.6 Å². The molecule has 0 radical (unpaired) electrons. The summed E-state index contributed by atoms with van der Waals surface area (Å²) in [6, 6.07) is 29.3. The minimum absolute atomic E-state index is 0.104. The predicted molar refractivity (Wildman–Crippen MR) is 188 cm³/mol. The van der Waals surface area contributed by atoms with E-state index in [-0.39, 0.29) is 11.8 Å². The number of rotatable bonds is 16. The molecule has 0 aliphatic rings. The number of furan rings is 2. The third-order valence-electron chi connectivity index (χ3n) is 8.30. The zero-order chi connectivity index (χ0) is 34.0. The van der Waals surface area contributed by atoms with Crippen molar-refractivity contribution in [2.24, 2.45) is 0 Å². The highest BCUT2D eigenvalue weighted by atomic mass is 16.5. The molecule has 0 saturated heterocycles. The summed E-state index contributed by atoms with van der Waals surface area (Å²) >= 11 is 0. The van der Waals surface area contributed by atoms with Gasteiger partial charge in [-0.3, -0.25) is 9.59 Å². The van der Waals surface area contributed by atoms with Crippen molar-refractivity contribution in [1.82, 2.24) is 10.6 Å². The standard InChI is InChI=1S/C40H40N2O7/c1-27(43)42-26-36-35-25-33(15-16-37(35)49-39(36)23-28-8-5-11-31(22-28)45-2)47-20-4-3-19-46-32-14-13-29-9-6-10-30(34(29)24-32)17-18-41-40(44)38-12-7-21-48-38/h5-16,21-22,24-25H,3-4,17-20,23,26H2,1-2H3,(H,41,44)(H,42,43). The molecule has 0 aliphatic carbocycles. The van der Waals surface area contributed by atoms with E-state index in [0.29, 0.717) is 44.9 Å². The first-order valence-electron chi connectivity index (χ1n) is 16.5. The number of unbranched alkanes of at least 4 members (excludes halogenated alkanes) is 1. The normalized spacial score (nSPS) is 11.1. The van der Waals surface area contributed by atoms with Gasteiger partial charge in [0.05, 0.1) is 26.6 Å². The maximum Gasteiger partial charge on any atom is 0.286 e. The number of fused-ring (bicyclic) bond motifs is 2. The van der Waals surface area contributed by atoms with Crippen LogP contribution in [0, 0.1) is 0 Å². The highest BCUT2D eigenvalue weighted by Crippen LogP contribution is 2.32. The van der Waals surface area contributed by atoms with Crippen LogP contribution in [-0.4, -0.2) is 38.7 Å². The van der Waals surface area contributed by atoms with Gasteiger partial charge >= 0.3 is 0 Å². The minimum atomic E-state index is -0.221. The topological polar surface area (TPSA) is 112 Å². The van der Waals surface area contributed by atoms with Gasteiger partial charge in [-0.25, -0.2) is 0 Å². The molecule has 2 N–H and O–H groups in total. The van der Waals surface area contributed by atoms with Crippen molar-refractivity contribution in [3.8, 4) is 17.2 Å². The Kier molecular flexibility index (Phi) is 10.8. The number of carbonyl (C=O) groups is 2. The summed E-state index contributed by atoms with van der Waals surface area (Å²) in [6.45, 7) is 3.47. The molecule has 0 aliphatic heterocycles. The van der Waals surface area contributed by atoms with E-state index in [0.717, 1.165) is 74.3 Å². The quantitative estimate of drug-likeness (QED) is 0.103. The number of carbonyl (C=O) groups excluding carboxylic acids is 2. The summed E-state index contributed by atoms with van der Waals surface area (Å²) in [4.78, 5) is 24.0. The van der Waals surface area contributed by atoms with Crippen molar-refractivity contribution >= 4 is 33.6 Å². The molecule has 9 heteroatoms. The number of hydrogen-bond donors (Lipinski definition) is 2. The summed E-state index contributed by atoms with van der Waals surface area (Å²) < 4.78 is 29.0. The van der Waals surface area contributed by atoms with E-state index in [4.69, 9.17) is 23.0 Å². The Morgan fingerprint density at radius 3 is 2.31 bits per heavy atom. The fourth-order valence-corrected chi connectivity index (χ4v) is 5.80. The van der Waals surface area contributed by atoms with Gasteiger partial charge in [-0.1, -0.05) is 36.4 Å². The Labute approximate surface area is 285 Å². The van der Waals surface area contributed by atoms with Gasteiger partial charge in [-0.05, 0) is 95.8 Å². The van der Waals surface area contributed by atoms with Crippen LogP contribution in [0.15, 0.2) is 106 Å². The van der Waals surface area contributed by atoms with Gasteiger partial charge < -0.3 is 33.7 Å². The molecule has 49 heavy (non-hydrogen) atoms. The SMILES string of the molecule is COc1cccc(Cc2oc3ccc(OCCCCOc4ccc5cccc(CCNC(=O)c6ccco6)c5c4)cc3c2CNC(C)=O)c1. The molecular formula is C40H40N2O7. The number of ether oxygens (including phenoxy) is 3. The van der Waals surface area contributed by atoms with Gasteiger partial charge in [0, 0.05) is 37.4 Å². The number of benzene rings is 4. The van der Waals surface area contributed by atoms with E-state index in [1.54, 1.807) is 19.2 Å². The van der Waals surface area contributed by atoms with Crippen LogP contribution in [0.3, 0.4) is 0 Å². The summed E-state index contributed by atoms with van der Waals surface area (Å²) in [6.07, 6.45) is 4.39. The molecule has 0 saturated carbocycles. The molecule has 0 bridgehead atoms. The van der Waals surface area contributed by atoms with Crippen molar-refractivity contribution in [1.29, 1.82) is 0 Å². The second kappa shape index (κ2) is 15.9. The van der Waals surface area contributed by atoms with Crippen LogP contribution in [0.1, 0.15) is 52.8 Å². The third-order valence-corrected chi connectivity index (χ3v) is 8.30. The summed E-state index contributed by atoms with van der Waals surface area (Å²) in [5.41, 5.74) is 3.87. The monoisotopic (exact) mass is 660 g/mol.